The van der Waals surface area contributed by atoms with E-state index in [1.54, 1.807) is 19.4 Å². The van der Waals surface area contributed by atoms with Crippen LogP contribution in [-0.4, -0.2) is 18.0 Å². The first-order chi connectivity index (χ1) is 13.0. The summed E-state index contributed by atoms with van der Waals surface area (Å²) in [6.45, 7) is 4.51. The Kier molecular flexibility index (Phi) is 5.71. The van der Waals surface area contributed by atoms with Crippen molar-refractivity contribution < 1.29 is 9.53 Å². The number of anilines is 2. The van der Waals surface area contributed by atoms with Crippen LogP contribution in [-0.2, 0) is 6.54 Å². The number of benzene rings is 2. The van der Waals surface area contributed by atoms with Crippen LogP contribution in [0.5, 0.6) is 5.75 Å². The zero-order valence-corrected chi connectivity index (χ0v) is 15.7. The molecule has 0 atom stereocenters. The van der Waals surface area contributed by atoms with Crippen molar-refractivity contribution in [3.05, 3.63) is 83.2 Å². The lowest BCUT2D eigenvalue weighted by molar-refractivity contribution is 0.0946. The number of aromatic nitrogens is 1. The highest BCUT2D eigenvalue weighted by Crippen LogP contribution is 2.28. The van der Waals surface area contributed by atoms with E-state index in [9.17, 15) is 4.79 Å². The Balaban J connectivity index is 1.71. The molecule has 2 N–H and O–H groups in total. The van der Waals surface area contributed by atoms with Gasteiger partial charge in [-0.2, -0.15) is 0 Å². The van der Waals surface area contributed by atoms with Crippen LogP contribution in [0.1, 0.15) is 27.2 Å². The fraction of sp³-hybridized carbons (Fsp3) is 0.182. The second kappa shape index (κ2) is 8.36. The molecule has 0 saturated carbocycles. The molecule has 0 bridgehead atoms. The lowest BCUT2D eigenvalue weighted by atomic mass is 10.1. The zero-order valence-electron chi connectivity index (χ0n) is 15.7. The number of ether oxygens (including phenoxy) is 1. The van der Waals surface area contributed by atoms with Gasteiger partial charge in [0.15, 0.2) is 0 Å². The molecule has 3 rings (SSSR count). The van der Waals surface area contributed by atoms with Gasteiger partial charge in [-0.25, -0.2) is 0 Å². The van der Waals surface area contributed by atoms with Crippen molar-refractivity contribution in [1.29, 1.82) is 0 Å². The first kappa shape index (κ1) is 18.5. The molecule has 0 unspecified atom stereocenters. The highest BCUT2D eigenvalue weighted by Gasteiger charge is 2.09. The van der Waals surface area contributed by atoms with E-state index in [1.165, 1.54) is 0 Å². The van der Waals surface area contributed by atoms with Crippen molar-refractivity contribution in [2.75, 3.05) is 12.4 Å². The van der Waals surface area contributed by atoms with Gasteiger partial charge in [0.1, 0.15) is 11.4 Å². The monoisotopic (exact) mass is 361 g/mol. The summed E-state index contributed by atoms with van der Waals surface area (Å²) in [5.41, 5.74) is 5.31. The number of hydrogen-bond donors (Lipinski definition) is 2. The van der Waals surface area contributed by atoms with Gasteiger partial charge in [-0.15, -0.1) is 0 Å². The number of rotatable bonds is 6. The molecule has 1 heterocycles. The second-order valence-electron chi connectivity index (χ2n) is 6.43. The minimum Gasteiger partial charge on any atom is -0.495 e. The molecule has 0 saturated heterocycles. The van der Waals surface area contributed by atoms with E-state index < -0.39 is 0 Å². The summed E-state index contributed by atoms with van der Waals surface area (Å²) in [7, 11) is 1.63. The maximum atomic E-state index is 12.5. The summed E-state index contributed by atoms with van der Waals surface area (Å²) in [4.78, 5) is 16.6. The first-order valence-corrected chi connectivity index (χ1v) is 8.76. The molecule has 0 fully saturated rings. The van der Waals surface area contributed by atoms with Crippen molar-refractivity contribution >= 4 is 17.3 Å². The summed E-state index contributed by atoms with van der Waals surface area (Å²) in [5, 5.41) is 6.21. The largest absolute Gasteiger partial charge is 0.495 e. The predicted octanol–water partition coefficient (Wildman–Crippen LogP) is 4.38. The molecule has 1 amide bonds. The van der Waals surface area contributed by atoms with Crippen LogP contribution >= 0.6 is 0 Å². The Labute approximate surface area is 159 Å². The molecule has 0 aliphatic heterocycles. The maximum absolute atomic E-state index is 12.5. The van der Waals surface area contributed by atoms with E-state index in [-0.39, 0.29) is 5.91 Å². The van der Waals surface area contributed by atoms with Gasteiger partial charge < -0.3 is 15.4 Å². The van der Waals surface area contributed by atoms with Gasteiger partial charge in [0.25, 0.3) is 5.91 Å². The normalized spacial score (nSPS) is 10.3. The van der Waals surface area contributed by atoms with Crippen LogP contribution in [0.4, 0.5) is 11.4 Å². The van der Waals surface area contributed by atoms with E-state index in [0.717, 1.165) is 33.8 Å². The average molecular weight is 361 g/mol. The predicted molar refractivity (Wildman–Crippen MR) is 108 cm³/mol. The van der Waals surface area contributed by atoms with Gasteiger partial charge in [-0.05, 0) is 49.2 Å². The average Bonchev–Trinajstić information content (AvgIpc) is 2.66. The van der Waals surface area contributed by atoms with Crippen molar-refractivity contribution in [3.8, 4) is 5.75 Å². The van der Waals surface area contributed by atoms with Crippen LogP contribution in [0, 0.1) is 13.8 Å². The Morgan fingerprint density at radius 2 is 1.85 bits per heavy atom. The van der Waals surface area contributed by atoms with E-state index in [0.29, 0.717) is 12.2 Å². The quantitative estimate of drug-likeness (QED) is 0.684. The Bertz CT molecular complexity index is 954. The minimum absolute atomic E-state index is 0.212. The van der Waals surface area contributed by atoms with Crippen molar-refractivity contribution in [2.45, 2.75) is 20.4 Å². The molecule has 2 aromatic carbocycles. The lowest BCUT2D eigenvalue weighted by Gasteiger charge is -2.13. The fourth-order valence-corrected chi connectivity index (χ4v) is 2.80. The number of methoxy groups -OCH3 is 1. The fourth-order valence-electron chi connectivity index (χ4n) is 2.80. The molecule has 0 aliphatic carbocycles. The molecule has 5 heteroatoms. The number of hydrogen-bond acceptors (Lipinski definition) is 4. The third kappa shape index (κ3) is 4.85. The third-order valence-corrected chi connectivity index (χ3v) is 4.16. The summed E-state index contributed by atoms with van der Waals surface area (Å²) in [6.07, 6.45) is 1.62. The summed E-state index contributed by atoms with van der Waals surface area (Å²) < 4.78 is 5.39. The zero-order chi connectivity index (χ0) is 19.2. The number of pyridine rings is 1. The maximum Gasteiger partial charge on any atom is 0.270 e. The number of carbonyl (C=O) groups is 1. The van der Waals surface area contributed by atoms with Gasteiger partial charge in [0.2, 0.25) is 0 Å². The van der Waals surface area contributed by atoms with Crippen LogP contribution in [0.25, 0.3) is 0 Å². The van der Waals surface area contributed by atoms with Gasteiger partial charge in [0, 0.05) is 18.4 Å². The molecule has 0 aliphatic rings. The van der Waals surface area contributed by atoms with Crippen molar-refractivity contribution in [3.63, 3.8) is 0 Å². The number of aryl methyl sites for hydroxylation is 2. The van der Waals surface area contributed by atoms with Gasteiger partial charge in [0.05, 0.1) is 12.8 Å². The Morgan fingerprint density at radius 1 is 1.04 bits per heavy atom. The van der Waals surface area contributed by atoms with E-state index in [4.69, 9.17) is 4.74 Å². The molecular weight excluding hydrogens is 338 g/mol. The highest BCUT2D eigenvalue weighted by atomic mass is 16.5. The van der Waals surface area contributed by atoms with Crippen LogP contribution in [0.15, 0.2) is 60.8 Å². The topological polar surface area (TPSA) is 63.2 Å². The second-order valence-corrected chi connectivity index (χ2v) is 6.43. The van der Waals surface area contributed by atoms with Crippen LogP contribution in [0.2, 0.25) is 0 Å². The van der Waals surface area contributed by atoms with E-state index in [1.807, 2.05) is 56.3 Å². The van der Waals surface area contributed by atoms with Crippen LogP contribution < -0.4 is 15.4 Å². The lowest BCUT2D eigenvalue weighted by Crippen LogP contribution is -2.23. The molecule has 0 radical (unpaired) electrons. The van der Waals surface area contributed by atoms with Gasteiger partial charge in [-0.1, -0.05) is 35.9 Å². The van der Waals surface area contributed by atoms with Gasteiger partial charge in [-0.3, -0.25) is 9.78 Å². The number of carbonyl (C=O) groups excluding carboxylic acids is 1. The summed E-state index contributed by atoms with van der Waals surface area (Å²) in [6, 6.07) is 17.5. The van der Waals surface area contributed by atoms with Crippen molar-refractivity contribution in [1.82, 2.24) is 10.3 Å². The van der Waals surface area contributed by atoms with E-state index in [2.05, 4.69) is 21.7 Å². The molecule has 27 heavy (non-hydrogen) atoms. The minimum atomic E-state index is -0.212. The third-order valence-electron chi connectivity index (χ3n) is 4.16. The molecule has 0 spiro atoms. The molecule has 3 aromatic rings. The van der Waals surface area contributed by atoms with Crippen LogP contribution in [0.3, 0.4) is 0 Å². The Morgan fingerprint density at radius 3 is 2.63 bits per heavy atom. The highest BCUT2D eigenvalue weighted by molar-refractivity contribution is 5.93. The van der Waals surface area contributed by atoms with E-state index >= 15 is 0 Å². The number of nitrogens with zero attached hydrogens (tertiary/aromatic N) is 1. The number of nitrogens with one attached hydrogen (secondary N) is 2. The first-order valence-electron chi connectivity index (χ1n) is 8.76. The number of amides is 1. The standard InChI is InChI=1S/C22H23N3O2/c1-15-5-4-6-17(11-15)14-24-22(26)20-13-18(9-10-23-20)25-19-12-16(2)7-8-21(19)27-3/h4-13H,14H2,1-3H3,(H,23,25)(H,24,26). The molecule has 1 aromatic heterocycles. The summed E-state index contributed by atoms with van der Waals surface area (Å²) >= 11 is 0. The van der Waals surface area contributed by atoms with Gasteiger partial charge >= 0.3 is 0 Å². The Hall–Kier alpha value is -3.34. The molecular formula is C22H23N3O2. The molecule has 138 valence electrons. The summed E-state index contributed by atoms with van der Waals surface area (Å²) in [5.74, 6) is 0.527. The molecule has 5 nitrogen and oxygen atoms in total. The smallest absolute Gasteiger partial charge is 0.270 e. The SMILES string of the molecule is COc1ccc(C)cc1Nc1ccnc(C(=O)NCc2cccc(C)c2)c1. The van der Waals surface area contributed by atoms with Crippen molar-refractivity contribution in [2.24, 2.45) is 0 Å².